The van der Waals surface area contributed by atoms with Crippen LogP contribution in [-0.4, -0.2) is 4.73 Å². The summed E-state index contributed by atoms with van der Waals surface area (Å²) in [7, 11) is 0. The molecule has 0 aliphatic carbocycles. The predicted octanol–water partition coefficient (Wildman–Crippen LogP) is 2.41. The first-order chi connectivity index (χ1) is 9.11. The van der Waals surface area contributed by atoms with E-state index in [1.165, 1.54) is 18.2 Å². The van der Waals surface area contributed by atoms with Crippen molar-refractivity contribution in [1.82, 2.24) is 4.73 Å². The number of hydrogen-bond donors (Lipinski definition) is 0. The van der Waals surface area contributed by atoms with Gasteiger partial charge in [-0.05, 0) is 24.3 Å². The zero-order valence-corrected chi connectivity index (χ0v) is 9.51. The molecule has 0 N–H and O–H groups in total. The number of fused-ring (bicyclic) bond motifs is 1. The second-order valence-electron chi connectivity index (χ2n) is 4.00. The molecule has 2 aromatic carbocycles. The molecule has 1 radical (unpaired) electrons. The fourth-order valence-electron chi connectivity index (χ4n) is 2.03. The second-order valence-corrected chi connectivity index (χ2v) is 4.00. The highest BCUT2D eigenvalue weighted by atomic mass is 19.1. The van der Waals surface area contributed by atoms with Crippen LogP contribution < -0.4 is 4.73 Å². The van der Waals surface area contributed by atoms with Gasteiger partial charge < -0.3 is 5.21 Å². The molecule has 19 heavy (non-hydrogen) atoms. The van der Waals surface area contributed by atoms with Gasteiger partial charge in [-0.3, -0.25) is 0 Å². The van der Waals surface area contributed by atoms with E-state index < -0.39 is 23.0 Å². The van der Waals surface area contributed by atoms with Crippen LogP contribution in [0.5, 0.6) is 0 Å². The summed E-state index contributed by atoms with van der Waals surface area (Å²) in [5.74, 6) is -2.51. The maximum absolute atomic E-state index is 13.7. The van der Waals surface area contributed by atoms with Crippen molar-refractivity contribution in [2.75, 3.05) is 0 Å². The van der Waals surface area contributed by atoms with Gasteiger partial charge in [-0.15, -0.1) is 0 Å². The summed E-state index contributed by atoms with van der Waals surface area (Å²) in [6, 6.07) is 9.13. The average Bonchev–Trinajstić information content (AvgIpc) is 2.64. The molecule has 0 saturated heterocycles. The summed E-state index contributed by atoms with van der Waals surface area (Å²) in [6.45, 7) is 0. The van der Waals surface area contributed by atoms with Crippen molar-refractivity contribution in [2.24, 2.45) is 0 Å². The van der Waals surface area contributed by atoms with Crippen LogP contribution in [0, 0.1) is 16.8 Å². The number of para-hydroxylation sites is 2. The number of aromatic nitrogens is 2. The van der Waals surface area contributed by atoms with Crippen molar-refractivity contribution in [2.45, 2.75) is 0 Å². The molecule has 1 heterocycles. The summed E-state index contributed by atoms with van der Waals surface area (Å²) in [6.07, 6.45) is 0. The largest absolute Gasteiger partial charge is 0.710 e. The van der Waals surface area contributed by atoms with Gasteiger partial charge in [-0.2, -0.15) is 0 Å². The van der Waals surface area contributed by atoms with Gasteiger partial charge in [0.05, 0.1) is 0 Å². The Morgan fingerprint density at radius 3 is 2.26 bits per heavy atom. The van der Waals surface area contributed by atoms with Gasteiger partial charge in [-0.25, -0.2) is 13.5 Å². The smallest absolute Gasteiger partial charge is 0.343 e. The third-order valence-electron chi connectivity index (χ3n) is 2.89. The van der Waals surface area contributed by atoms with Crippen LogP contribution in [0.1, 0.15) is 0 Å². The Bertz CT molecular complexity index is 724. The number of benzene rings is 2. The van der Waals surface area contributed by atoms with Crippen LogP contribution in [0.3, 0.4) is 0 Å². The molecule has 4 nitrogen and oxygen atoms in total. The summed E-state index contributed by atoms with van der Waals surface area (Å²) in [5, 5.41) is 24.0. The lowest BCUT2D eigenvalue weighted by Crippen LogP contribution is -2.28. The molecule has 95 valence electrons. The SMILES string of the molecule is [O]n1c(-c2c(F)cccc2F)[n+]([O-])c2ccccc21. The number of rotatable bonds is 1. The maximum Gasteiger partial charge on any atom is 0.343 e. The molecule has 0 saturated carbocycles. The fraction of sp³-hybridized carbons (Fsp3) is 0. The predicted molar refractivity (Wildman–Crippen MR) is 62.3 cm³/mol. The number of imidazole rings is 1. The van der Waals surface area contributed by atoms with E-state index in [1.54, 1.807) is 12.1 Å². The van der Waals surface area contributed by atoms with Gasteiger partial charge in [0.15, 0.2) is 5.52 Å². The van der Waals surface area contributed by atoms with E-state index in [4.69, 9.17) is 0 Å². The molecule has 0 spiro atoms. The second kappa shape index (κ2) is 3.94. The monoisotopic (exact) mass is 261 g/mol. The maximum atomic E-state index is 13.7. The Morgan fingerprint density at radius 2 is 1.63 bits per heavy atom. The lowest BCUT2D eigenvalue weighted by molar-refractivity contribution is -0.567. The van der Waals surface area contributed by atoms with Gasteiger partial charge in [0.2, 0.25) is 5.52 Å². The van der Waals surface area contributed by atoms with E-state index in [1.807, 2.05) is 0 Å². The van der Waals surface area contributed by atoms with Gasteiger partial charge >= 0.3 is 5.82 Å². The zero-order valence-electron chi connectivity index (χ0n) is 9.51. The van der Waals surface area contributed by atoms with Crippen LogP contribution in [0.2, 0.25) is 0 Å². The fourth-order valence-corrected chi connectivity index (χ4v) is 2.03. The van der Waals surface area contributed by atoms with E-state index in [-0.39, 0.29) is 20.5 Å². The highest BCUT2D eigenvalue weighted by Crippen LogP contribution is 2.26. The Labute approximate surface area is 106 Å². The Kier molecular flexibility index (Phi) is 2.38. The topological polar surface area (TPSA) is 51.8 Å². The number of halogens is 2. The van der Waals surface area contributed by atoms with E-state index in [0.717, 1.165) is 12.1 Å². The van der Waals surface area contributed by atoms with E-state index in [0.29, 0.717) is 0 Å². The van der Waals surface area contributed by atoms with Gasteiger partial charge in [0, 0.05) is 4.73 Å². The van der Waals surface area contributed by atoms with Crippen LogP contribution in [0.25, 0.3) is 22.4 Å². The minimum atomic E-state index is -0.954. The molecule has 0 fully saturated rings. The number of nitrogens with zero attached hydrogens (tertiary/aromatic N) is 2. The van der Waals surface area contributed by atoms with Gasteiger partial charge in [0.1, 0.15) is 17.2 Å². The highest BCUT2D eigenvalue weighted by molar-refractivity contribution is 5.75. The summed E-state index contributed by atoms with van der Waals surface area (Å²) in [5.41, 5.74) is -0.492. The van der Waals surface area contributed by atoms with Crippen molar-refractivity contribution >= 4 is 11.0 Å². The van der Waals surface area contributed by atoms with Crippen molar-refractivity contribution in [3.05, 3.63) is 59.3 Å². The Hall–Kier alpha value is -2.63. The third-order valence-corrected chi connectivity index (χ3v) is 2.89. The molecule has 1 aromatic heterocycles. The van der Waals surface area contributed by atoms with Gasteiger partial charge in [-0.1, -0.05) is 23.4 Å². The van der Waals surface area contributed by atoms with E-state index in [9.17, 15) is 19.2 Å². The molecular weight excluding hydrogens is 254 g/mol. The summed E-state index contributed by atoms with van der Waals surface area (Å²) in [4.78, 5) is 0. The Morgan fingerprint density at radius 1 is 1.00 bits per heavy atom. The molecule has 3 rings (SSSR count). The first-order valence-corrected chi connectivity index (χ1v) is 5.46. The lowest BCUT2D eigenvalue weighted by atomic mass is 10.2. The molecule has 0 aliphatic heterocycles. The van der Waals surface area contributed by atoms with Crippen molar-refractivity contribution in [1.29, 1.82) is 0 Å². The van der Waals surface area contributed by atoms with Crippen LogP contribution in [0.4, 0.5) is 8.78 Å². The summed E-state index contributed by atoms with van der Waals surface area (Å²) < 4.78 is 27.8. The average molecular weight is 261 g/mol. The quantitative estimate of drug-likeness (QED) is 0.490. The van der Waals surface area contributed by atoms with Crippen molar-refractivity contribution in [3.8, 4) is 11.4 Å². The van der Waals surface area contributed by atoms with Crippen LogP contribution in [0.15, 0.2) is 42.5 Å². The first kappa shape index (κ1) is 11.5. The molecule has 6 heteroatoms. The standard InChI is InChI=1S/C13H7F2N2O2/c14-8-4-3-5-9(15)12(8)13-16(18)10-6-1-2-7-11(10)17(13)19/h1-7H. The molecule has 0 atom stereocenters. The number of hydrogen-bond acceptors (Lipinski definition) is 1. The molecule has 0 unspecified atom stereocenters. The molecule has 0 amide bonds. The van der Waals surface area contributed by atoms with E-state index >= 15 is 0 Å². The zero-order chi connectivity index (χ0) is 13.6. The van der Waals surface area contributed by atoms with Gasteiger partial charge in [0.25, 0.3) is 0 Å². The minimum Gasteiger partial charge on any atom is -0.710 e. The van der Waals surface area contributed by atoms with Crippen LogP contribution >= 0.6 is 0 Å². The molecular formula is C13H7F2N2O2. The first-order valence-electron chi connectivity index (χ1n) is 5.46. The van der Waals surface area contributed by atoms with E-state index in [2.05, 4.69) is 0 Å². The molecule has 0 aliphatic rings. The normalized spacial score (nSPS) is 11.1. The summed E-state index contributed by atoms with van der Waals surface area (Å²) >= 11 is 0. The molecule has 3 aromatic rings. The van der Waals surface area contributed by atoms with Crippen LogP contribution in [-0.2, 0) is 5.21 Å². The highest BCUT2D eigenvalue weighted by Gasteiger charge is 2.29. The minimum absolute atomic E-state index is 0.0650. The Balaban J connectivity index is 2.44. The van der Waals surface area contributed by atoms with Crippen molar-refractivity contribution < 1.29 is 18.7 Å². The third kappa shape index (κ3) is 1.53. The lowest BCUT2D eigenvalue weighted by Gasteiger charge is -2.04. The van der Waals surface area contributed by atoms with Crippen molar-refractivity contribution in [3.63, 3.8) is 0 Å². The molecule has 0 bridgehead atoms.